The number of aliphatic hydroxyl groups excluding tert-OH is 3. The van der Waals surface area contributed by atoms with E-state index in [0.717, 1.165) is 118 Å². The first-order valence-electron chi connectivity index (χ1n) is 27.4. The Balaban J connectivity index is 0.000000208. The Morgan fingerprint density at radius 3 is 1.19 bits per heavy atom. The van der Waals surface area contributed by atoms with Crippen molar-refractivity contribution >= 4 is 17.3 Å². The van der Waals surface area contributed by atoms with Crippen LogP contribution < -0.4 is 14.2 Å². The number of para-hydroxylation sites is 3. The van der Waals surface area contributed by atoms with E-state index in [1.54, 1.807) is 0 Å². The first kappa shape index (κ1) is 70.7. The monoisotopic (exact) mass is 1720 g/mol. The maximum Gasteiger partial charge on any atom is 0.155 e. The number of hydrogen-bond donors (Lipinski definition) is 3. The van der Waals surface area contributed by atoms with Crippen molar-refractivity contribution in [2.45, 2.75) is 55.4 Å². The molecule has 10 aromatic rings. The summed E-state index contributed by atoms with van der Waals surface area (Å²) >= 11 is 0. The molecule has 3 aliphatic rings. The van der Waals surface area contributed by atoms with Gasteiger partial charge < -0.3 is 44.5 Å². The van der Waals surface area contributed by atoms with Crippen LogP contribution >= 0.6 is 0 Å². The quantitative estimate of drug-likeness (QED) is 0.0864. The zero-order valence-corrected chi connectivity index (χ0v) is 57.0. The van der Waals surface area contributed by atoms with E-state index < -0.39 is 0 Å². The smallest absolute Gasteiger partial charge is 0.155 e. The fraction of sp³-hybridized carbons (Fsp3) is 0.108. The van der Waals surface area contributed by atoms with E-state index >= 15 is 0 Å². The Kier molecular flexibility index (Phi) is 27.0. The van der Waals surface area contributed by atoms with Gasteiger partial charge in [0.15, 0.2) is 17.3 Å². The van der Waals surface area contributed by atoms with E-state index in [1.165, 1.54) is 65.3 Å². The van der Waals surface area contributed by atoms with Crippen molar-refractivity contribution in [3.05, 3.63) is 259 Å². The van der Waals surface area contributed by atoms with Crippen LogP contribution in [0, 0.1) is 32.0 Å². The number of aromatic nitrogens is 3. The Bertz CT molecular complexity index is 4090. The summed E-state index contributed by atoms with van der Waals surface area (Å²) in [4.78, 5) is 44.0. The van der Waals surface area contributed by atoms with Crippen molar-refractivity contribution in [1.82, 2.24) is 15.0 Å². The average Bonchev–Trinajstić information content (AvgIpc) is 2.31. The maximum absolute atomic E-state index is 10.0. The third-order valence-corrected chi connectivity index (χ3v) is 12.7. The Hall–Kier alpha value is -9.03. The van der Waals surface area contributed by atoms with Gasteiger partial charge in [0, 0.05) is 131 Å². The molecule has 0 saturated carbocycles. The largest absolute Gasteiger partial charge is 0.512 e. The van der Waals surface area contributed by atoms with Crippen LogP contribution in [0.3, 0.4) is 0 Å². The fourth-order valence-electron chi connectivity index (χ4n) is 9.35. The summed E-state index contributed by atoms with van der Waals surface area (Å²) < 4.78 is 18.3. The van der Waals surface area contributed by atoms with Crippen LogP contribution in [0.2, 0.25) is 0 Å². The van der Waals surface area contributed by atoms with Crippen LogP contribution in [0.5, 0.6) is 34.5 Å². The maximum atomic E-state index is 10.0. The first-order valence-corrected chi connectivity index (χ1v) is 27.4. The number of carbonyl (C=O) groups is 3. The summed E-state index contributed by atoms with van der Waals surface area (Å²) in [6, 6.07) is 68.1. The van der Waals surface area contributed by atoms with E-state index in [4.69, 9.17) is 34.5 Å². The number of allylic oxidation sites excluding steroid dienone is 6. The Labute approximate surface area is 559 Å². The van der Waals surface area contributed by atoms with Crippen molar-refractivity contribution < 1.29 is 104 Å². The second kappa shape index (κ2) is 33.9. The SMILES string of the molecule is CC(=O)C=C(C)O.CC(=O)C=C(C)O.CC(=O)C=C(C)O.Cc1ccnc2c1-c1ccccc1Oc1ccc[c-]c1-2.Cc1cnc2c(c1)-c1ccccc1Oc1ccc[c-]c1-2.[Ir].[Ir].[Ir].[c-]1cccc2c1-c1ncc(-c3ccccc3)cc1-c1ccccc1O2. The zero-order valence-electron chi connectivity index (χ0n) is 49.8. The van der Waals surface area contributed by atoms with E-state index in [1.807, 2.05) is 152 Å². The molecule has 0 unspecified atom stereocenters. The topological polar surface area (TPSA) is 178 Å². The number of pyridine rings is 3. The van der Waals surface area contributed by atoms with Gasteiger partial charge in [-0.3, -0.25) is 14.4 Å². The third-order valence-electron chi connectivity index (χ3n) is 12.7. The van der Waals surface area contributed by atoms with E-state index in [-0.39, 0.29) is 94.9 Å². The molecule has 0 fully saturated rings. The van der Waals surface area contributed by atoms with Gasteiger partial charge in [-0.15, -0.1) is 72.8 Å². The minimum Gasteiger partial charge on any atom is -0.512 e. The van der Waals surface area contributed by atoms with Gasteiger partial charge in [0.1, 0.15) is 17.2 Å². The van der Waals surface area contributed by atoms with Crippen LogP contribution in [-0.4, -0.2) is 47.6 Å². The number of aliphatic hydroxyl groups is 3. The predicted octanol–water partition coefficient (Wildman–Crippen LogP) is 18.4. The normalized spacial score (nSPS) is 11.2. The number of benzene rings is 7. The molecular formula is C74H62Ir3N3O9-3. The molecule has 0 atom stereocenters. The second-order valence-corrected chi connectivity index (χ2v) is 20.0. The molecule has 3 aromatic heterocycles. The molecule has 0 saturated heterocycles. The summed E-state index contributed by atoms with van der Waals surface area (Å²) in [5.74, 6) is 4.77. The molecule has 3 N–H and O–H groups in total. The Morgan fingerprint density at radius 1 is 0.393 bits per heavy atom. The molecule has 3 radical (unpaired) electrons. The van der Waals surface area contributed by atoms with Crippen LogP contribution in [0.1, 0.15) is 52.7 Å². The van der Waals surface area contributed by atoms with Gasteiger partial charge in [-0.1, -0.05) is 114 Å². The zero-order chi connectivity index (χ0) is 61.3. The second-order valence-electron chi connectivity index (χ2n) is 20.0. The number of nitrogens with zero attached hydrogens (tertiary/aromatic N) is 3. The molecule has 15 heteroatoms. The van der Waals surface area contributed by atoms with Crippen molar-refractivity contribution in [2.75, 3.05) is 0 Å². The average molecular weight is 1710 g/mol. The van der Waals surface area contributed by atoms with E-state index in [0.29, 0.717) is 0 Å². The summed E-state index contributed by atoms with van der Waals surface area (Å²) in [6.07, 6.45) is 9.15. The summed E-state index contributed by atoms with van der Waals surface area (Å²) in [7, 11) is 0. The number of ketones is 3. The van der Waals surface area contributed by atoms with E-state index in [2.05, 4.69) is 84.5 Å². The molecular weight excluding hydrogens is 1650 g/mol. The fourth-order valence-corrected chi connectivity index (χ4v) is 9.35. The van der Waals surface area contributed by atoms with Gasteiger partial charge in [0.25, 0.3) is 0 Å². The van der Waals surface area contributed by atoms with Crippen molar-refractivity contribution in [1.29, 1.82) is 0 Å². The minimum atomic E-state index is -0.125. The molecule has 7 aromatic carbocycles. The van der Waals surface area contributed by atoms with Crippen LogP contribution in [0.25, 0.3) is 78.3 Å². The van der Waals surface area contributed by atoms with Gasteiger partial charge in [-0.05, 0) is 136 Å². The standard InChI is InChI=1S/C23H14NO.2C18H12NO.3C5H8O2.3Ir/c1-2-8-16(9-3-1)17-14-20-18-10-4-6-12-21(18)25-22-13-7-5-11-19(22)23(20)24-15-17;1-12-10-15-13-6-2-4-8-16(13)20-17-9-5-3-7-14(17)18(15)19-11-12;1-12-10-11-19-18-14-7-3-5-9-16(14)20-15-8-4-2-6-13(15)17(12)18;3*1-4(6)3-5(2)7;;;/h1-10,12-15H;2*2-6,8-11H,1H3;3*3,6H,1-2H3;;;/q3*-1;;;;;;. The van der Waals surface area contributed by atoms with Crippen molar-refractivity contribution in [3.63, 3.8) is 0 Å². The third kappa shape index (κ3) is 19.0. The van der Waals surface area contributed by atoms with Gasteiger partial charge in [0.2, 0.25) is 0 Å². The molecule has 0 aliphatic carbocycles. The molecule has 0 amide bonds. The predicted molar refractivity (Wildman–Crippen MR) is 338 cm³/mol. The number of rotatable bonds is 4. The van der Waals surface area contributed by atoms with Crippen LogP contribution in [0.15, 0.2) is 230 Å². The number of fused-ring (bicyclic) bond motifs is 15. The molecule has 13 rings (SSSR count). The summed E-state index contributed by atoms with van der Waals surface area (Å²) in [5.41, 5.74) is 16.6. The molecule has 12 nitrogen and oxygen atoms in total. The molecule has 457 valence electrons. The minimum absolute atomic E-state index is 0. The van der Waals surface area contributed by atoms with Gasteiger partial charge in [-0.2, -0.15) is 0 Å². The summed E-state index contributed by atoms with van der Waals surface area (Å²) in [6.45, 7) is 12.7. The molecule has 3 aliphatic heterocycles. The van der Waals surface area contributed by atoms with Crippen LogP contribution in [-0.2, 0) is 74.7 Å². The molecule has 6 heterocycles. The van der Waals surface area contributed by atoms with E-state index in [9.17, 15) is 14.4 Å². The van der Waals surface area contributed by atoms with Crippen LogP contribution in [0.4, 0.5) is 0 Å². The number of hydrogen-bond acceptors (Lipinski definition) is 12. The van der Waals surface area contributed by atoms with Gasteiger partial charge >= 0.3 is 0 Å². The number of aryl methyl sites for hydroxylation is 2. The number of carbonyl (C=O) groups excluding carboxylic acids is 3. The van der Waals surface area contributed by atoms with Gasteiger partial charge in [0.05, 0.1) is 17.3 Å². The molecule has 89 heavy (non-hydrogen) atoms. The summed E-state index contributed by atoms with van der Waals surface area (Å²) in [5, 5.41) is 25.1. The van der Waals surface area contributed by atoms with Crippen molar-refractivity contribution in [3.8, 4) is 113 Å². The molecule has 0 bridgehead atoms. The van der Waals surface area contributed by atoms with Crippen molar-refractivity contribution in [2.24, 2.45) is 0 Å². The number of ether oxygens (including phenoxy) is 3. The Morgan fingerprint density at radius 2 is 0.764 bits per heavy atom. The van der Waals surface area contributed by atoms with Gasteiger partial charge in [-0.25, -0.2) is 0 Å². The first-order chi connectivity index (χ1) is 41.4. The molecule has 0 spiro atoms.